The normalized spacial score (nSPS) is 16.6. The highest BCUT2D eigenvalue weighted by atomic mass is 32.1. The average molecular weight is 742 g/mol. The molecule has 2 aromatic carbocycles. The quantitative estimate of drug-likeness (QED) is 0.136. The van der Waals surface area contributed by atoms with E-state index in [1.54, 1.807) is 44.9 Å². The Bertz CT molecular complexity index is 1820. The second-order valence-electron chi connectivity index (χ2n) is 12.4. The van der Waals surface area contributed by atoms with Crippen molar-refractivity contribution in [2.24, 2.45) is 0 Å². The smallest absolute Gasteiger partial charge is 0.410 e. The van der Waals surface area contributed by atoms with E-state index in [-0.39, 0.29) is 44.1 Å². The number of hydrogen-bond donors (Lipinski definition) is 1. The van der Waals surface area contributed by atoms with Crippen LogP contribution in [0, 0.1) is 0 Å². The fourth-order valence-corrected chi connectivity index (χ4v) is 8.09. The summed E-state index contributed by atoms with van der Waals surface area (Å²) in [6, 6.07) is 23.1. The second-order valence-corrected chi connectivity index (χ2v) is 14.2. The Morgan fingerprint density at radius 3 is 1.77 bits per heavy atom. The van der Waals surface area contributed by atoms with Crippen molar-refractivity contribution in [1.82, 2.24) is 24.8 Å². The Labute approximate surface area is 311 Å². The fraction of sp³-hybridized carbons (Fsp3) is 0.359. The predicted molar refractivity (Wildman–Crippen MR) is 199 cm³/mol. The van der Waals surface area contributed by atoms with Crippen LogP contribution in [0.25, 0.3) is 0 Å². The summed E-state index contributed by atoms with van der Waals surface area (Å²) in [5.41, 5.74) is 3.84. The monoisotopic (exact) mass is 741 g/mol. The van der Waals surface area contributed by atoms with Gasteiger partial charge in [-0.25, -0.2) is 19.6 Å². The van der Waals surface area contributed by atoms with E-state index in [0.717, 1.165) is 70.4 Å². The maximum atomic E-state index is 12.6. The molecule has 0 saturated carbocycles. The number of aromatic nitrogens is 3. The van der Waals surface area contributed by atoms with Crippen LogP contribution in [0.2, 0.25) is 0 Å². The summed E-state index contributed by atoms with van der Waals surface area (Å²) >= 11 is 3.15. The molecule has 272 valence electrons. The van der Waals surface area contributed by atoms with Gasteiger partial charge < -0.3 is 19.3 Å². The number of ether oxygens (including phenoxy) is 3. The summed E-state index contributed by atoms with van der Waals surface area (Å²) in [6.07, 6.45) is 7.89. The van der Waals surface area contributed by atoms with Crippen molar-refractivity contribution in [1.29, 1.82) is 0 Å². The number of aliphatic hydroxyl groups excluding tert-OH is 1. The number of hydrogen-bond acceptors (Lipinski definition) is 11. The Balaban J connectivity index is 0.000000183. The molecule has 3 aromatic heterocycles. The van der Waals surface area contributed by atoms with Crippen LogP contribution in [0.15, 0.2) is 96.0 Å². The Hall–Kier alpha value is -4.85. The highest BCUT2D eigenvalue weighted by molar-refractivity contribution is 7.10. The van der Waals surface area contributed by atoms with Crippen LogP contribution >= 0.6 is 22.7 Å². The maximum absolute atomic E-state index is 12.6. The van der Waals surface area contributed by atoms with Crippen LogP contribution in [-0.4, -0.2) is 68.3 Å². The molecule has 0 radical (unpaired) electrons. The van der Waals surface area contributed by atoms with Gasteiger partial charge >= 0.3 is 12.2 Å². The third-order valence-corrected chi connectivity index (χ3v) is 10.7. The van der Waals surface area contributed by atoms with Crippen molar-refractivity contribution in [2.45, 2.75) is 63.8 Å². The molecular formula is C39H43N5O6S2. The highest BCUT2D eigenvalue weighted by Crippen LogP contribution is 2.35. The third kappa shape index (κ3) is 10.4. The third-order valence-electron chi connectivity index (χ3n) is 8.72. The molecule has 5 aromatic rings. The van der Waals surface area contributed by atoms with Crippen LogP contribution in [0.1, 0.15) is 70.3 Å². The zero-order valence-corrected chi connectivity index (χ0v) is 30.6. The standard InChI is InChI=1S/C22H23N3O3S.C17H20N2O3S/c26-22(28-15-17-6-2-1-3-7-17)25-12-5-9-20(25)21-24-18(16-29-21)10-13-27-19-8-4-11-23-14-19;20-10-8-14-12-23-16(18-14)15-7-4-9-19(15)17(21)22-11-13-5-2-1-3-6-13/h1-4,6-8,11,14,16,20H,5,9-10,12-13,15H2;1-3,5-6,12,15,20H,4,7-11H2/t20-;15-/m00/s1. The fourth-order valence-electron chi connectivity index (χ4n) is 6.09. The number of pyridine rings is 1. The number of benzene rings is 2. The van der Waals surface area contributed by atoms with Gasteiger partial charge in [-0.3, -0.25) is 14.8 Å². The van der Waals surface area contributed by atoms with Crippen molar-refractivity contribution >= 4 is 34.9 Å². The van der Waals surface area contributed by atoms with E-state index in [4.69, 9.17) is 24.3 Å². The molecule has 1 N–H and O–H groups in total. The van der Waals surface area contributed by atoms with Gasteiger partial charge in [-0.1, -0.05) is 60.7 Å². The molecule has 2 aliphatic heterocycles. The minimum absolute atomic E-state index is 0.00346. The lowest BCUT2D eigenvalue weighted by atomic mass is 10.2. The topological polar surface area (TPSA) is 127 Å². The van der Waals surface area contributed by atoms with E-state index in [1.165, 1.54) is 0 Å². The number of nitrogens with zero attached hydrogens (tertiary/aromatic N) is 5. The van der Waals surface area contributed by atoms with Crippen LogP contribution in [0.3, 0.4) is 0 Å². The van der Waals surface area contributed by atoms with Gasteiger partial charge in [0.2, 0.25) is 0 Å². The molecular weight excluding hydrogens is 699 g/mol. The Morgan fingerprint density at radius 2 is 1.27 bits per heavy atom. The summed E-state index contributed by atoms with van der Waals surface area (Å²) in [7, 11) is 0. The Kier molecular flexibility index (Phi) is 13.6. The van der Waals surface area contributed by atoms with Gasteiger partial charge in [-0.15, -0.1) is 22.7 Å². The van der Waals surface area contributed by atoms with Gasteiger partial charge in [0, 0.05) is 49.5 Å². The van der Waals surface area contributed by atoms with Crippen LogP contribution < -0.4 is 4.74 Å². The van der Waals surface area contributed by atoms with Gasteiger partial charge in [0.05, 0.1) is 36.3 Å². The molecule has 2 atom stereocenters. The summed E-state index contributed by atoms with van der Waals surface area (Å²) in [5.74, 6) is 0.756. The molecule has 11 nitrogen and oxygen atoms in total. The molecule has 2 amide bonds. The first kappa shape index (κ1) is 36.9. The lowest BCUT2D eigenvalue weighted by molar-refractivity contribution is 0.0913. The van der Waals surface area contributed by atoms with Gasteiger partial charge in [0.25, 0.3) is 0 Å². The van der Waals surface area contributed by atoms with Gasteiger partial charge in [0.15, 0.2) is 0 Å². The molecule has 2 fully saturated rings. The van der Waals surface area contributed by atoms with Crippen molar-refractivity contribution in [3.05, 3.63) is 128 Å². The first-order valence-corrected chi connectivity index (χ1v) is 19.3. The zero-order chi connectivity index (χ0) is 36.0. The second kappa shape index (κ2) is 19.1. The molecule has 7 rings (SSSR count). The largest absolute Gasteiger partial charge is 0.492 e. The molecule has 52 heavy (non-hydrogen) atoms. The van der Waals surface area contributed by atoms with Gasteiger partial charge in [-0.05, 0) is 48.9 Å². The number of aliphatic hydroxyl groups is 1. The first-order chi connectivity index (χ1) is 25.6. The maximum Gasteiger partial charge on any atom is 0.410 e. The van der Waals surface area contributed by atoms with Crippen molar-refractivity contribution < 1.29 is 28.9 Å². The number of thiazole rings is 2. The van der Waals surface area contributed by atoms with Crippen LogP contribution in [0.4, 0.5) is 9.59 Å². The van der Waals surface area contributed by atoms with Crippen LogP contribution in [0.5, 0.6) is 5.75 Å². The summed E-state index contributed by atoms with van der Waals surface area (Å²) in [4.78, 5) is 41.9. The molecule has 5 heterocycles. The van der Waals surface area contributed by atoms with E-state index in [9.17, 15) is 9.59 Å². The lowest BCUT2D eigenvalue weighted by Crippen LogP contribution is -2.31. The van der Waals surface area contributed by atoms with Crippen molar-refractivity contribution in [2.75, 3.05) is 26.3 Å². The SMILES string of the molecule is O=C(OCc1ccccc1)N1CCC[C@H]1c1nc(CCO)cs1.O=C(OCc1ccccc1)N1CCC[C@H]1c1nc(CCOc2cccnc2)cs1. The zero-order valence-electron chi connectivity index (χ0n) is 28.9. The number of carbonyl (C=O) groups excluding carboxylic acids is 2. The average Bonchev–Trinajstić information content (AvgIpc) is 4.02. The van der Waals surface area contributed by atoms with E-state index in [1.807, 2.05) is 83.6 Å². The molecule has 0 unspecified atom stereocenters. The van der Waals surface area contributed by atoms with Crippen molar-refractivity contribution in [3.8, 4) is 5.75 Å². The molecule has 13 heteroatoms. The molecule has 0 aliphatic carbocycles. The highest BCUT2D eigenvalue weighted by Gasteiger charge is 2.34. The van der Waals surface area contributed by atoms with E-state index in [0.29, 0.717) is 26.1 Å². The van der Waals surface area contributed by atoms with E-state index < -0.39 is 0 Å². The van der Waals surface area contributed by atoms with Crippen LogP contribution in [-0.2, 0) is 35.5 Å². The number of rotatable bonds is 12. The first-order valence-electron chi connectivity index (χ1n) is 17.5. The summed E-state index contributed by atoms with van der Waals surface area (Å²) < 4.78 is 16.7. The van der Waals surface area contributed by atoms with E-state index >= 15 is 0 Å². The summed E-state index contributed by atoms with van der Waals surface area (Å²) in [5, 5.41) is 14.9. The summed E-state index contributed by atoms with van der Waals surface area (Å²) in [6.45, 7) is 2.62. The number of carbonyl (C=O) groups is 2. The Morgan fingerprint density at radius 1 is 0.731 bits per heavy atom. The molecule has 2 aliphatic rings. The van der Waals surface area contributed by atoms with Gasteiger partial charge in [0.1, 0.15) is 29.0 Å². The molecule has 0 spiro atoms. The van der Waals surface area contributed by atoms with E-state index in [2.05, 4.69) is 9.97 Å². The molecule has 0 bridgehead atoms. The lowest BCUT2D eigenvalue weighted by Gasteiger charge is -2.22. The van der Waals surface area contributed by atoms with Crippen molar-refractivity contribution in [3.63, 3.8) is 0 Å². The minimum Gasteiger partial charge on any atom is -0.492 e. The number of likely N-dealkylation sites (tertiary alicyclic amines) is 2. The minimum atomic E-state index is -0.282. The number of amides is 2. The molecule has 2 saturated heterocycles. The predicted octanol–water partition coefficient (Wildman–Crippen LogP) is 7.78. The van der Waals surface area contributed by atoms with Gasteiger partial charge in [-0.2, -0.15) is 0 Å².